The van der Waals surface area contributed by atoms with Gasteiger partial charge in [-0.05, 0) is 31.4 Å². The number of rotatable bonds is 4. The molecule has 0 aromatic heterocycles. The Morgan fingerprint density at radius 3 is 2.79 bits per heavy atom. The Morgan fingerprint density at radius 1 is 1.39 bits per heavy atom. The van der Waals surface area contributed by atoms with E-state index in [0.29, 0.717) is 31.7 Å². The first kappa shape index (κ1) is 18.4. The van der Waals surface area contributed by atoms with Crippen LogP contribution in [0.4, 0.5) is 11.4 Å². The van der Waals surface area contributed by atoms with E-state index < -0.39 is 6.04 Å². The van der Waals surface area contributed by atoms with Crippen LogP contribution in [0.5, 0.6) is 0 Å². The molecule has 2 N–H and O–H groups in total. The molecule has 2 bridgehead atoms. The number of hydrogen-bond donors (Lipinski definition) is 1. The van der Waals surface area contributed by atoms with Crippen molar-refractivity contribution in [3.8, 4) is 6.07 Å². The van der Waals surface area contributed by atoms with Crippen LogP contribution in [0.3, 0.4) is 0 Å². The summed E-state index contributed by atoms with van der Waals surface area (Å²) in [7, 11) is 0. The molecule has 144 valence electrons. The van der Waals surface area contributed by atoms with E-state index in [1.54, 1.807) is 34.1 Å². The number of nitrogens with two attached hydrogens (primary N) is 1. The van der Waals surface area contributed by atoms with Crippen LogP contribution in [0.1, 0.15) is 19.3 Å². The van der Waals surface area contributed by atoms with E-state index >= 15 is 0 Å². The maximum atomic E-state index is 12.9. The summed E-state index contributed by atoms with van der Waals surface area (Å²) in [5, 5.41) is 9.18. The number of likely N-dealkylation sites (tertiary alicyclic amines) is 2. The molecule has 8 nitrogen and oxygen atoms in total. The number of carbonyl (C=O) groups is 2. The monoisotopic (exact) mass is 378 g/mol. The summed E-state index contributed by atoms with van der Waals surface area (Å²) >= 11 is 0. The van der Waals surface area contributed by atoms with E-state index in [9.17, 15) is 14.9 Å². The summed E-state index contributed by atoms with van der Waals surface area (Å²) in [6, 6.07) is 7.89. The van der Waals surface area contributed by atoms with Crippen molar-refractivity contribution in [3.63, 3.8) is 0 Å². The predicted molar refractivity (Wildman–Crippen MR) is 102 cm³/mol. The molecule has 0 aliphatic carbocycles. The van der Waals surface area contributed by atoms with Crippen LogP contribution in [-0.4, -0.2) is 65.4 Å². The molecule has 0 radical (unpaired) electrons. The van der Waals surface area contributed by atoms with Crippen LogP contribution < -0.4 is 10.6 Å². The van der Waals surface area contributed by atoms with Crippen LogP contribution in [0.25, 0.3) is 4.85 Å². The van der Waals surface area contributed by atoms with Gasteiger partial charge in [-0.3, -0.25) is 14.5 Å². The van der Waals surface area contributed by atoms with E-state index in [4.69, 9.17) is 12.3 Å². The average Bonchev–Trinajstić information content (AvgIpc) is 3.41. The second kappa shape index (κ2) is 7.23. The third-order valence-corrected chi connectivity index (χ3v) is 5.96. The third kappa shape index (κ3) is 3.01. The fourth-order valence-electron chi connectivity index (χ4n) is 4.60. The highest BCUT2D eigenvalue weighted by molar-refractivity contribution is 6.01. The predicted octanol–water partition coefficient (Wildman–Crippen LogP) is 0.869. The van der Waals surface area contributed by atoms with Crippen LogP contribution in [0.15, 0.2) is 24.3 Å². The first-order chi connectivity index (χ1) is 13.5. The zero-order chi connectivity index (χ0) is 19.8. The maximum absolute atomic E-state index is 12.9. The van der Waals surface area contributed by atoms with Crippen LogP contribution in [-0.2, 0) is 9.59 Å². The quantitative estimate of drug-likeness (QED) is 0.784. The Morgan fingerprint density at radius 2 is 2.14 bits per heavy atom. The Hall–Kier alpha value is -2.94. The lowest BCUT2D eigenvalue weighted by molar-refractivity contribution is -0.134. The fraction of sp³-hybridized carbons (Fsp3) is 0.500. The summed E-state index contributed by atoms with van der Waals surface area (Å²) in [6.45, 7) is 8.60. The molecule has 3 heterocycles. The van der Waals surface area contributed by atoms with Crippen molar-refractivity contribution >= 4 is 23.2 Å². The Kier molecular flexibility index (Phi) is 4.76. The largest absolute Gasteiger partial charge is 0.325 e. The SMILES string of the molecule is [C-]#[N+]c1ccc(N2C(=O)[C@@H]3C[C@H]2CN3C[C@H](N)C(=O)N2CCC[C@H]2C#N)cc1. The van der Waals surface area contributed by atoms with Gasteiger partial charge in [-0.25, -0.2) is 4.85 Å². The van der Waals surface area contributed by atoms with Crippen molar-refractivity contribution in [2.24, 2.45) is 5.73 Å². The zero-order valence-corrected chi connectivity index (χ0v) is 15.5. The number of nitriles is 1. The third-order valence-electron chi connectivity index (χ3n) is 5.96. The number of amides is 2. The number of carbonyl (C=O) groups excluding carboxylic acids is 2. The van der Waals surface area contributed by atoms with E-state index in [-0.39, 0.29) is 29.9 Å². The van der Waals surface area contributed by atoms with Crippen molar-refractivity contribution in [2.45, 2.75) is 43.4 Å². The number of benzene rings is 1. The molecule has 0 saturated carbocycles. The Bertz CT molecular complexity index is 870. The molecule has 3 saturated heterocycles. The van der Waals surface area contributed by atoms with Gasteiger partial charge in [-0.15, -0.1) is 0 Å². The lowest BCUT2D eigenvalue weighted by Gasteiger charge is -2.35. The summed E-state index contributed by atoms with van der Waals surface area (Å²) in [5.41, 5.74) is 7.50. The van der Waals surface area contributed by atoms with Crippen molar-refractivity contribution in [3.05, 3.63) is 35.7 Å². The minimum Gasteiger partial charge on any atom is -0.325 e. The first-order valence-corrected chi connectivity index (χ1v) is 9.54. The van der Waals surface area contributed by atoms with Gasteiger partial charge < -0.3 is 15.5 Å². The molecule has 3 aliphatic rings. The van der Waals surface area contributed by atoms with Crippen molar-refractivity contribution in [2.75, 3.05) is 24.5 Å². The van der Waals surface area contributed by atoms with Gasteiger partial charge in [-0.1, -0.05) is 12.1 Å². The molecular formula is C20H22N6O2. The van der Waals surface area contributed by atoms with E-state index in [1.807, 2.05) is 4.90 Å². The van der Waals surface area contributed by atoms with E-state index in [0.717, 1.165) is 18.5 Å². The molecule has 3 fully saturated rings. The highest BCUT2D eigenvalue weighted by atomic mass is 16.2. The number of hydrogen-bond acceptors (Lipinski definition) is 5. The van der Waals surface area contributed by atoms with Crippen LogP contribution >= 0.6 is 0 Å². The molecule has 4 rings (SSSR count). The standard InChI is InChI=1S/C20H22N6O2/c1-23-13-4-6-14(7-5-13)26-16-9-18(20(26)28)24(11-16)12-17(22)19(27)25-8-2-3-15(25)10-21/h4-7,15-18H,2-3,8-9,11-12,22H2/t15-,16-,17-,18-/m0/s1. The van der Waals surface area contributed by atoms with Crippen molar-refractivity contribution < 1.29 is 9.59 Å². The van der Waals surface area contributed by atoms with Gasteiger partial charge in [0.1, 0.15) is 6.04 Å². The van der Waals surface area contributed by atoms with Gasteiger partial charge in [0.15, 0.2) is 5.69 Å². The molecule has 2 amide bonds. The van der Waals surface area contributed by atoms with Crippen LogP contribution in [0, 0.1) is 17.9 Å². The lowest BCUT2D eigenvalue weighted by atomic mass is 10.1. The molecule has 3 aliphatic heterocycles. The van der Waals surface area contributed by atoms with Gasteiger partial charge >= 0.3 is 0 Å². The second-order valence-corrected chi connectivity index (χ2v) is 7.62. The maximum Gasteiger partial charge on any atom is 0.244 e. The summed E-state index contributed by atoms with van der Waals surface area (Å²) < 4.78 is 0. The molecule has 8 heteroatoms. The number of nitrogens with zero attached hydrogens (tertiary/aromatic N) is 5. The average molecular weight is 378 g/mol. The van der Waals surface area contributed by atoms with Gasteiger partial charge in [0.25, 0.3) is 0 Å². The minimum absolute atomic E-state index is 0.0162. The Balaban J connectivity index is 1.40. The molecule has 0 unspecified atom stereocenters. The van der Waals surface area contributed by atoms with Gasteiger partial charge in [0.05, 0.1) is 30.8 Å². The normalized spacial score (nSPS) is 27.7. The van der Waals surface area contributed by atoms with Gasteiger partial charge in [0.2, 0.25) is 11.8 Å². The molecule has 1 aromatic rings. The molecular weight excluding hydrogens is 356 g/mol. The van der Waals surface area contributed by atoms with Gasteiger partial charge in [-0.2, -0.15) is 5.26 Å². The van der Waals surface area contributed by atoms with Crippen LogP contribution in [0.2, 0.25) is 0 Å². The van der Waals surface area contributed by atoms with E-state index in [2.05, 4.69) is 10.9 Å². The molecule has 4 atom stereocenters. The second-order valence-electron chi connectivity index (χ2n) is 7.62. The summed E-state index contributed by atoms with van der Waals surface area (Å²) in [6.07, 6.45) is 2.24. The topological polar surface area (TPSA) is 98.0 Å². The zero-order valence-electron chi connectivity index (χ0n) is 15.5. The van der Waals surface area contributed by atoms with Gasteiger partial charge in [0, 0.05) is 25.3 Å². The Labute approximate surface area is 163 Å². The van der Waals surface area contributed by atoms with Crippen molar-refractivity contribution in [1.29, 1.82) is 5.26 Å². The highest BCUT2D eigenvalue weighted by Gasteiger charge is 2.50. The molecule has 0 spiro atoms. The molecule has 28 heavy (non-hydrogen) atoms. The fourth-order valence-corrected chi connectivity index (χ4v) is 4.60. The number of piperazine rings is 1. The van der Waals surface area contributed by atoms with E-state index in [1.165, 1.54) is 0 Å². The summed E-state index contributed by atoms with van der Waals surface area (Å²) in [4.78, 5) is 34.3. The summed E-state index contributed by atoms with van der Waals surface area (Å²) in [5.74, 6) is -0.187. The highest BCUT2D eigenvalue weighted by Crippen LogP contribution is 2.36. The minimum atomic E-state index is -0.729. The first-order valence-electron chi connectivity index (χ1n) is 9.54. The van der Waals surface area contributed by atoms with Crippen molar-refractivity contribution in [1.82, 2.24) is 9.80 Å². The number of fused-ring (bicyclic) bond motifs is 2. The molecule has 1 aromatic carbocycles. The number of anilines is 1. The lowest BCUT2D eigenvalue weighted by Crippen LogP contribution is -2.56. The smallest absolute Gasteiger partial charge is 0.244 e.